The zero-order valence-corrected chi connectivity index (χ0v) is 19.4. The number of hydrogen-bond acceptors (Lipinski definition) is 5. The minimum Gasteiger partial charge on any atom is -0.507 e. The number of aromatic nitrogens is 1. The molecule has 2 aliphatic rings. The summed E-state index contributed by atoms with van der Waals surface area (Å²) in [5, 5.41) is 11.2. The molecule has 0 saturated carbocycles. The SMILES string of the molecule is C=CC(=O)N1CCN2c3c(cnc4cc(-c5c(O)cccc5F)c(Cl)cc34)N(C)C(=O)C2(C)C1. The molecular weight excluding hydrogens is 459 g/mol. The number of aromatic hydroxyl groups is 1. The van der Waals surface area contributed by atoms with E-state index in [1.165, 1.54) is 24.3 Å². The third kappa shape index (κ3) is 3.05. The highest BCUT2D eigenvalue weighted by atomic mass is 35.5. The van der Waals surface area contributed by atoms with Crippen molar-refractivity contribution in [2.75, 3.05) is 36.5 Å². The predicted molar refractivity (Wildman–Crippen MR) is 130 cm³/mol. The number of phenolic OH excluding ortho intramolecular Hbond substituents is 1. The van der Waals surface area contributed by atoms with Crippen LogP contribution in [-0.4, -0.2) is 59.0 Å². The van der Waals surface area contributed by atoms with Crippen LogP contribution in [0.5, 0.6) is 5.75 Å². The van der Waals surface area contributed by atoms with Crippen LogP contribution >= 0.6 is 11.6 Å². The van der Waals surface area contributed by atoms with Crippen LogP contribution < -0.4 is 9.80 Å². The number of benzene rings is 2. The molecule has 1 fully saturated rings. The van der Waals surface area contributed by atoms with Crippen LogP contribution in [0.15, 0.2) is 49.2 Å². The molecule has 0 bridgehead atoms. The van der Waals surface area contributed by atoms with E-state index >= 15 is 0 Å². The molecule has 174 valence electrons. The lowest BCUT2D eigenvalue weighted by Crippen LogP contribution is -2.70. The second-order valence-corrected chi connectivity index (χ2v) is 9.14. The van der Waals surface area contributed by atoms with Crippen LogP contribution in [0.2, 0.25) is 5.02 Å². The van der Waals surface area contributed by atoms with Crippen molar-refractivity contribution in [3.8, 4) is 16.9 Å². The summed E-state index contributed by atoms with van der Waals surface area (Å²) in [6.07, 6.45) is 2.86. The van der Waals surface area contributed by atoms with Gasteiger partial charge in [0.1, 0.15) is 17.1 Å². The number of pyridine rings is 1. The third-order valence-electron chi connectivity index (χ3n) is 6.74. The summed E-state index contributed by atoms with van der Waals surface area (Å²) in [4.78, 5) is 35.4. The normalized spacial score (nSPS) is 19.8. The first-order valence-electron chi connectivity index (χ1n) is 10.7. The van der Waals surface area contributed by atoms with E-state index in [9.17, 15) is 19.1 Å². The fourth-order valence-electron chi connectivity index (χ4n) is 5.02. The van der Waals surface area contributed by atoms with E-state index in [0.29, 0.717) is 35.2 Å². The van der Waals surface area contributed by atoms with Crippen molar-refractivity contribution in [3.63, 3.8) is 0 Å². The summed E-state index contributed by atoms with van der Waals surface area (Å²) >= 11 is 6.61. The molecule has 1 atom stereocenters. The Labute approximate surface area is 200 Å². The summed E-state index contributed by atoms with van der Waals surface area (Å²) in [5.74, 6) is -1.19. The van der Waals surface area contributed by atoms with Gasteiger partial charge in [0, 0.05) is 36.1 Å². The lowest BCUT2D eigenvalue weighted by molar-refractivity contribution is -0.131. The predicted octanol–water partition coefficient (Wildman–Crippen LogP) is 3.97. The maximum atomic E-state index is 14.6. The average Bonchev–Trinajstić information content (AvgIpc) is 2.81. The first-order valence-corrected chi connectivity index (χ1v) is 11.1. The quantitative estimate of drug-likeness (QED) is 0.562. The molecule has 0 spiro atoms. The minimum atomic E-state index is -0.998. The second-order valence-electron chi connectivity index (χ2n) is 8.73. The molecule has 1 unspecified atom stereocenters. The van der Waals surface area contributed by atoms with Gasteiger partial charge >= 0.3 is 0 Å². The lowest BCUT2D eigenvalue weighted by Gasteiger charge is -2.53. The highest BCUT2D eigenvalue weighted by molar-refractivity contribution is 6.34. The summed E-state index contributed by atoms with van der Waals surface area (Å²) in [6, 6.07) is 7.40. The molecule has 1 aromatic heterocycles. The molecule has 7 nitrogen and oxygen atoms in total. The van der Waals surface area contributed by atoms with Crippen molar-refractivity contribution in [3.05, 3.63) is 60.0 Å². The molecule has 1 N–H and O–H groups in total. The van der Waals surface area contributed by atoms with Gasteiger partial charge < -0.3 is 19.8 Å². The van der Waals surface area contributed by atoms with Gasteiger partial charge in [0.15, 0.2) is 0 Å². The number of carbonyl (C=O) groups is 2. The molecule has 34 heavy (non-hydrogen) atoms. The van der Waals surface area contributed by atoms with Gasteiger partial charge in [0.2, 0.25) is 5.91 Å². The lowest BCUT2D eigenvalue weighted by atomic mass is 9.89. The van der Waals surface area contributed by atoms with Gasteiger partial charge in [-0.15, -0.1) is 0 Å². The number of rotatable bonds is 2. The van der Waals surface area contributed by atoms with Gasteiger partial charge in [-0.25, -0.2) is 4.39 Å². The van der Waals surface area contributed by atoms with Gasteiger partial charge in [-0.05, 0) is 37.3 Å². The zero-order valence-electron chi connectivity index (χ0n) is 18.7. The topological polar surface area (TPSA) is 77.0 Å². The number of hydrogen-bond donors (Lipinski definition) is 1. The Morgan fingerprint density at radius 1 is 1.32 bits per heavy atom. The molecule has 3 aromatic rings. The monoisotopic (exact) mass is 480 g/mol. The maximum Gasteiger partial charge on any atom is 0.254 e. The minimum absolute atomic E-state index is 0.00241. The van der Waals surface area contributed by atoms with Crippen molar-refractivity contribution >= 4 is 45.7 Å². The van der Waals surface area contributed by atoms with Crippen LogP contribution in [0.4, 0.5) is 15.8 Å². The van der Waals surface area contributed by atoms with E-state index < -0.39 is 11.4 Å². The molecule has 2 aliphatic heterocycles. The van der Waals surface area contributed by atoms with Crippen molar-refractivity contribution in [2.45, 2.75) is 12.5 Å². The molecule has 2 aromatic carbocycles. The number of anilines is 2. The van der Waals surface area contributed by atoms with E-state index in [4.69, 9.17) is 11.6 Å². The van der Waals surface area contributed by atoms with Crippen molar-refractivity contribution in [1.82, 2.24) is 9.88 Å². The molecule has 0 radical (unpaired) electrons. The van der Waals surface area contributed by atoms with E-state index in [1.54, 1.807) is 35.2 Å². The van der Waals surface area contributed by atoms with Crippen LogP contribution in [0.1, 0.15) is 6.92 Å². The first kappa shape index (κ1) is 22.2. The van der Waals surface area contributed by atoms with E-state index in [1.807, 2.05) is 11.8 Å². The summed E-state index contributed by atoms with van der Waals surface area (Å²) in [7, 11) is 1.68. The average molecular weight is 481 g/mol. The molecule has 1 saturated heterocycles. The van der Waals surface area contributed by atoms with Crippen LogP contribution in [-0.2, 0) is 9.59 Å². The Bertz CT molecular complexity index is 1370. The smallest absolute Gasteiger partial charge is 0.254 e. The Balaban J connectivity index is 1.71. The van der Waals surface area contributed by atoms with Gasteiger partial charge in [0.05, 0.1) is 35.2 Å². The zero-order chi connectivity index (χ0) is 24.4. The van der Waals surface area contributed by atoms with E-state index in [0.717, 1.165) is 5.69 Å². The van der Waals surface area contributed by atoms with Crippen molar-refractivity contribution in [2.24, 2.45) is 0 Å². The molecule has 9 heteroatoms. The molecule has 3 heterocycles. The summed E-state index contributed by atoms with van der Waals surface area (Å²) < 4.78 is 14.6. The van der Waals surface area contributed by atoms with E-state index in [-0.39, 0.29) is 34.7 Å². The van der Waals surface area contributed by atoms with Gasteiger partial charge in [-0.1, -0.05) is 24.2 Å². The molecule has 2 amide bonds. The Kier molecular flexibility index (Phi) is 5.02. The number of halogens is 2. The van der Waals surface area contributed by atoms with Gasteiger partial charge in [-0.2, -0.15) is 0 Å². The van der Waals surface area contributed by atoms with Crippen LogP contribution in [0.3, 0.4) is 0 Å². The van der Waals surface area contributed by atoms with Gasteiger partial charge in [0.25, 0.3) is 5.91 Å². The fourth-order valence-corrected chi connectivity index (χ4v) is 5.28. The number of carbonyl (C=O) groups excluding carboxylic acids is 2. The maximum absolute atomic E-state index is 14.6. The standard InChI is InChI=1S/C25H22ClFN4O3/c1-4-21(33)30-8-9-31-23-15-10-16(26)14(22-17(27)6-5-7-20(22)32)11-18(15)28-12-19(23)29(3)24(34)25(31,2)13-30/h4-7,10-12,32H,1,8-9,13H2,2-3H3. The highest BCUT2D eigenvalue weighted by Crippen LogP contribution is 2.47. The number of fused-ring (bicyclic) bond motifs is 5. The Morgan fingerprint density at radius 3 is 2.79 bits per heavy atom. The molecule has 0 aliphatic carbocycles. The Morgan fingerprint density at radius 2 is 2.09 bits per heavy atom. The summed E-state index contributed by atoms with van der Waals surface area (Å²) in [6.45, 7) is 6.44. The number of amides is 2. The Hall–Kier alpha value is -3.65. The van der Waals surface area contributed by atoms with Crippen molar-refractivity contribution < 1.29 is 19.1 Å². The molecule has 5 rings (SSSR count). The number of likely N-dealkylation sites (N-methyl/N-ethyl adjacent to an activating group) is 1. The van der Waals surface area contributed by atoms with Crippen LogP contribution in [0.25, 0.3) is 22.0 Å². The third-order valence-corrected chi connectivity index (χ3v) is 7.05. The first-order chi connectivity index (χ1) is 16.2. The highest BCUT2D eigenvalue weighted by Gasteiger charge is 2.51. The summed E-state index contributed by atoms with van der Waals surface area (Å²) in [5.41, 5.74) is 1.25. The number of piperazine rings is 1. The second kappa shape index (κ2) is 7.70. The van der Waals surface area contributed by atoms with Crippen LogP contribution in [0, 0.1) is 5.82 Å². The van der Waals surface area contributed by atoms with Crippen molar-refractivity contribution in [1.29, 1.82) is 0 Å². The molecular formula is C25H22ClFN4O3. The number of phenols is 1. The fraction of sp³-hybridized carbons (Fsp3) is 0.240. The number of nitrogens with zero attached hydrogens (tertiary/aromatic N) is 4. The largest absolute Gasteiger partial charge is 0.507 e. The van der Waals surface area contributed by atoms with E-state index in [2.05, 4.69) is 11.6 Å². The van der Waals surface area contributed by atoms with Gasteiger partial charge in [-0.3, -0.25) is 14.6 Å².